The zero-order valence-electron chi connectivity index (χ0n) is 9.95. The van der Waals surface area contributed by atoms with E-state index in [0.29, 0.717) is 6.42 Å². The van der Waals surface area contributed by atoms with E-state index in [9.17, 15) is 16.8 Å². The van der Waals surface area contributed by atoms with E-state index in [1.807, 2.05) is 0 Å². The van der Waals surface area contributed by atoms with E-state index in [4.69, 9.17) is 5.14 Å². The van der Waals surface area contributed by atoms with Gasteiger partial charge in [-0.05, 0) is 18.6 Å². The first-order valence-electron chi connectivity index (χ1n) is 4.91. The molecule has 1 aromatic rings. The van der Waals surface area contributed by atoms with Gasteiger partial charge < -0.3 is 0 Å². The van der Waals surface area contributed by atoms with Gasteiger partial charge in [0.1, 0.15) is 4.21 Å². The monoisotopic (exact) mass is 313 g/mol. The minimum Gasteiger partial charge on any atom is -0.224 e. The summed E-state index contributed by atoms with van der Waals surface area (Å²) in [7, 11) is -4.28. The van der Waals surface area contributed by atoms with Gasteiger partial charge in [-0.25, -0.2) is 18.3 Å². The number of sulfonamides is 1. The lowest BCUT2D eigenvalue weighted by Gasteiger charge is -2.11. The fraction of sp³-hybridized carbons (Fsp3) is 0.500. The third-order valence-corrected chi connectivity index (χ3v) is 6.17. The van der Waals surface area contributed by atoms with E-state index in [1.165, 1.54) is 20.2 Å². The molecule has 104 valence electrons. The first-order chi connectivity index (χ1) is 8.13. The molecule has 1 heterocycles. The van der Waals surface area contributed by atoms with Gasteiger partial charge in [-0.2, -0.15) is 12.7 Å². The van der Waals surface area contributed by atoms with Gasteiger partial charge in [0.2, 0.25) is 10.0 Å². The quantitative estimate of drug-likeness (QED) is 0.726. The molecule has 0 bridgehead atoms. The van der Waals surface area contributed by atoms with Crippen LogP contribution in [0.3, 0.4) is 0 Å². The lowest BCUT2D eigenvalue weighted by Crippen LogP contribution is -2.36. The molecule has 1 rings (SSSR count). The molecule has 0 fully saturated rings. The van der Waals surface area contributed by atoms with E-state index in [-0.39, 0.29) is 10.8 Å². The van der Waals surface area contributed by atoms with Crippen molar-refractivity contribution in [1.29, 1.82) is 0 Å². The third-order valence-electron chi connectivity index (χ3n) is 2.05. The van der Waals surface area contributed by atoms with E-state index in [1.54, 1.807) is 6.07 Å². The standard InChI is InChI=1S/C8H15N3O4S3/c1-11(2)18(14,15)10-6-5-7-3-4-8(16-7)17(9,12)13/h3-4,10H,5-6H2,1-2H3,(H2,9,12,13). The van der Waals surface area contributed by atoms with Gasteiger partial charge in [-0.1, -0.05) is 0 Å². The third kappa shape index (κ3) is 4.30. The van der Waals surface area contributed by atoms with Gasteiger partial charge in [-0.3, -0.25) is 0 Å². The summed E-state index contributed by atoms with van der Waals surface area (Å²) < 4.78 is 48.4. The molecule has 18 heavy (non-hydrogen) atoms. The summed E-state index contributed by atoms with van der Waals surface area (Å²) in [5.74, 6) is 0. The molecule has 0 saturated carbocycles. The van der Waals surface area contributed by atoms with Crippen molar-refractivity contribution < 1.29 is 16.8 Å². The lowest BCUT2D eigenvalue weighted by molar-refractivity contribution is 0.506. The van der Waals surface area contributed by atoms with Crippen molar-refractivity contribution in [1.82, 2.24) is 9.03 Å². The predicted octanol–water partition coefficient (Wildman–Crippen LogP) is -0.666. The second-order valence-electron chi connectivity index (χ2n) is 3.70. The Bertz CT molecular complexity index is 603. The maximum atomic E-state index is 11.4. The number of nitrogens with zero attached hydrogens (tertiary/aromatic N) is 1. The molecule has 1 aromatic heterocycles. The van der Waals surface area contributed by atoms with Crippen LogP contribution in [0.2, 0.25) is 0 Å². The van der Waals surface area contributed by atoms with Crippen molar-refractivity contribution in [3.8, 4) is 0 Å². The van der Waals surface area contributed by atoms with Crippen LogP contribution in [-0.4, -0.2) is 41.8 Å². The fourth-order valence-electron chi connectivity index (χ4n) is 1.08. The van der Waals surface area contributed by atoms with Crippen LogP contribution in [0, 0.1) is 0 Å². The molecule has 3 N–H and O–H groups in total. The van der Waals surface area contributed by atoms with E-state index >= 15 is 0 Å². The average Bonchev–Trinajstić information content (AvgIpc) is 2.65. The van der Waals surface area contributed by atoms with Gasteiger partial charge in [-0.15, -0.1) is 11.3 Å². The minimum atomic E-state index is -3.68. The van der Waals surface area contributed by atoms with E-state index in [0.717, 1.165) is 20.5 Å². The normalized spacial score (nSPS) is 13.1. The van der Waals surface area contributed by atoms with Gasteiger partial charge in [0.05, 0.1) is 0 Å². The number of nitrogens with one attached hydrogen (secondary N) is 1. The first kappa shape index (κ1) is 15.5. The number of rotatable bonds is 6. The van der Waals surface area contributed by atoms with Crippen molar-refractivity contribution in [2.75, 3.05) is 20.6 Å². The van der Waals surface area contributed by atoms with Crippen LogP contribution < -0.4 is 9.86 Å². The largest absolute Gasteiger partial charge is 0.278 e. The highest BCUT2D eigenvalue weighted by Gasteiger charge is 2.13. The predicted molar refractivity (Wildman–Crippen MR) is 70.0 cm³/mol. The second kappa shape index (κ2) is 5.63. The summed E-state index contributed by atoms with van der Waals surface area (Å²) in [4.78, 5) is 0.750. The lowest BCUT2D eigenvalue weighted by atomic mass is 10.3. The first-order valence-corrected chi connectivity index (χ1v) is 8.72. The Morgan fingerprint density at radius 3 is 2.33 bits per heavy atom. The Morgan fingerprint density at radius 1 is 1.28 bits per heavy atom. The Morgan fingerprint density at radius 2 is 1.89 bits per heavy atom. The molecular formula is C8H15N3O4S3. The Hall–Kier alpha value is -0.520. The Labute approximate surface area is 111 Å². The number of hydrogen-bond acceptors (Lipinski definition) is 5. The zero-order valence-corrected chi connectivity index (χ0v) is 12.4. The van der Waals surface area contributed by atoms with Crippen LogP contribution in [-0.2, 0) is 26.7 Å². The Kier molecular flexibility index (Phi) is 4.86. The van der Waals surface area contributed by atoms with Crippen molar-refractivity contribution in [3.05, 3.63) is 17.0 Å². The van der Waals surface area contributed by atoms with Crippen LogP contribution in [0.15, 0.2) is 16.3 Å². The molecule has 7 nitrogen and oxygen atoms in total. The number of hydrogen-bond donors (Lipinski definition) is 2. The molecule has 10 heteroatoms. The summed E-state index contributed by atoms with van der Waals surface area (Å²) in [5.41, 5.74) is 0. The fourth-order valence-corrected chi connectivity index (χ4v) is 3.47. The highest BCUT2D eigenvalue weighted by Crippen LogP contribution is 2.20. The molecule has 0 aliphatic carbocycles. The van der Waals surface area contributed by atoms with Crippen LogP contribution >= 0.6 is 11.3 Å². The minimum absolute atomic E-state index is 0.0768. The molecule has 0 spiro atoms. The molecule has 0 aliphatic rings. The maximum Gasteiger partial charge on any atom is 0.278 e. The van der Waals surface area contributed by atoms with Gasteiger partial charge in [0.25, 0.3) is 10.2 Å². The summed E-state index contributed by atoms with van der Waals surface area (Å²) in [6, 6.07) is 3.03. The number of nitrogens with two attached hydrogens (primary N) is 1. The average molecular weight is 313 g/mol. The molecule has 0 aliphatic heterocycles. The zero-order chi connectivity index (χ0) is 14.0. The summed E-state index contributed by atoms with van der Waals surface area (Å²) >= 11 is 1.04. The molecular weight excluding hydrogens is 298 g/mol. The van der Waals surface area contributed by atoms with E-state index < -0.39 is 20.2 Å². The molecule has 0 amide bonds. The number of primary sulfonamides is 1. The second-order valence-corrected chi connectivity index (χ2v) is 8.62. The van der Waals surface area contributed by atoms with Crippen LogP contribution in [0.25, 0.3) is 0 Å². The summed E-state index contributed by atoms with van der Waals surface area (Å²) in [6.07, 6.45) is 0.410. The van der Waals surface area contributed by atoms with Crippen molar-refractivity contribution in [3.63, 3.8) is 0 Å². The molecule has 0 saturated heterocycles. The van der Waals surface area contributed by atoms with E-state index in [2.05, 4.69) is 4.72 Å². The van der Waals surface area contributed by atoms with Gasteiger partial charge in [0.15, 0.2) is 0 Å². The molecule has 0 unspecified atom stereocenters. The highest BCUT2D eigenvalue weighted by molar-refractivity contribution is 7.91. The summed E-state index contributed by atoms with van der Waals surface area (Å²) in [5, 5.41) is 4.97. The molecule has 0 aromatic carbocycles. The summed E-state index contributed by atoms with van der Waals surface area (Å²) in [6.45, 7) is 0.199. The van der Waals surface area contributed by atoms with Crippen molar-refractivity contribution >= 4 is 31.6 Å². The molecule has 0 radical (unpaired) electrons. The topological polar surface area (TPSA) is 110 Å². The van der Waals surface area contributed by atoms with Crippen LogP contribution in [0.4, 0.5) is 0 Å². The van der Waals surface area contributed by atoms with Crippen LogP contribution in [0.5, 0.6) is 0 Å². The Balaban J connectivity index is 2.59. The van der Waals surface area contributed by atoms with Gasteiger partial charge >= 0.3 is 0 Å². The maximum absolute atomic E-state index is 11.4. The highest BCUT2D eigenvalue weighted by atomic mass is 32.2. The molecule has 0 atom stereocenters. The smallest absolute Gasteiger partial charge is 0.224 e. The van der Waals surface area contributed by atoms with Crippen LogP contribution in [0.1, 0.15) is 4.88 Å². The van der Waals surface area contributed by atoms with Crippen molar-refractivity contribution in [2.24, 2.45) is 5.14 Å². The van der Waals surface area contributed by atoms with Gasteiger partial charge in [0, 0.05) is 25.5 Å². The number of thiophene rings is 1. The van der Waals surface area contributed by atoms with Crippen molar-refractivity contribution in [2.45, 2.75) is 10.6 Å². The SMILES string of the molecule is CN(C)S(=O)(=O)NCCc1ccc(S(N)(=O)=O)s1.